The van der Waals surface area contributed by atoms with E-state index in [0.717, 1.165) is 23.3 Å². The van der Waals surface area contributed by atoms with Crippen molar-refractivity contribution in [3.8, 4) is 5.75 Å². The minimum absolute atomic E-state index is 0.0733. The quantitative estimate of drug-likeness (QED) is 0.637. The highest BCUT2D eigenvalue weighted by Crippen LogP contribution is 2.37. The van der Waals surface area contributed by atoms with Gasteiger partial charge in [-0.15, -0.1) is 6.58 Å². The molecule has 0 aliphatic carbocycles. The topological polar surface area (TPSA) is 46.2 Å². The normalized spacial score (nSPS) is 31.0. The van der Waals surface area contributed by atoms with Crippen molar-refractivity contribution >= 4 is 0 Å². The van der Waals surface area contributed by atoms with E-state index in [0.29, 0.717) is 19.6 Å². The van der Waals surface area contributed by atoms with E-state index in [-0.39, 0.29) is 24.6 Å². The number of rotatable bonds is 7. The highest BCUT2D eigenvalue weighted by atomic mass is 16.7. The molecular formula is C25H30O5. The maximum Gasteiger partial charge on any atom is 0.162 e. The van der Waals surface area contributed by atoms with Gasteiger partial charge in [-0.1, -0.05) is 48.5 Å². The summed E-state index contributed by atoms with van der Waals surface area (Å²) in [6, 6.07) is 18.1. The maximum atomic E-state index is 6.35. The van der Waals surface area contributed by atoms with Crippen LogP contribution in [0.5, 0.6) is 5.75 Å². The van der Waals surface area contributed by atoms with Crippen molar-refractivity contribution in [3.63, 3.8) is 0 Å². The van der Waals surface area contributed by atoms with Crippen molar-refractivity contribution in [2.24, 2.45) is 0 Å². The molecule has 0 unspecified atom stereocenters. The molecule has 0 saturated carbocycles. The Morgan fingerprint density at radius 3 is 2.53 bits per heavy atom. The van der Waals surface area contributed by atoms with E-state index in [1.807, 2.05) is 55.5 Å². The molecule has 5 nitrogen and oxygen atoms in total. The van der Waals surface area contributed by atoms with Crippen molar-refractivity contribution in [3.05, 3.63) is 78.4 Å². The Morgan fingerprint density at radius 2 is 1.83 bits per heavy atom. The number of ether oxygens (including phenoxy) is 5. The zero-order valence-corrected chi connectivity index (χ0v) is 17.7. The van der Waals surface area contributed by atoms with Crippen LogP contribution in [0.4, 0.5) is 0 Å². The first-order valence-electron chi connectivity index (χ1n) is 10.5. The van der Waals surface area contributed by atoms with Gasteiger partial charge in [0.05, 0.1) is 32.5 Å². The van der Waals surface area contributed by atoms with Gasteiger partial charge in [-0.2, -0.15) is 0 Å². The largest absolute Gasteiger partial charge is 0.497 e. The van der Waals surface area contributed by atoms with E-state index in [4.69, 9.17) is 23.7 Å². The van der Waals surface area contributed by atoms with Gasteiger partial charge < -0.3 is 23.7 Å². The van der Waals surface area contributed by atoms with Crippen LogP contribution in [0.15, 0.2) is 67.3 Å². The number of hydrogen-bond acceptors (Lipinski definition) is 5. The van der Waals surface area contributed by atoms with E-state index < -0.39 is 5.60 Å². The zero-order chi connectivity index (χ0) is 21.0. The van der Waals surface area contributed by atoms with Crippen LogP contribution in [0.3, 0.4) is 0 Å². The third kappa shape index (κ3) is 4.76. The minimum Gasteiger partial charge on any atom is -0.497 e. The second-order valence-corrected chi connectivity index (χ2v) is 8.05. The van der Waals surface area contributed by atoms with E-state index in [1.54, 1.807) is 7.11 Å². The molecule has 0 aromatic heterocycles. The van der Waals surface area contributed by atoms with Gasteiger partial charge in [-0.05, 0) is 30.2 Å². The Morgan fingerprint density at radius 1 is 1.07 bits per heavy atom. The number of fused-ring (bicyclic) bond motifs is 1. The summed E-state index contributed by atoms with van der Waals surface area (Å²) in [5.41, 5.74) is 1.70. The molecule has 2 aliphatic rings. The van der Waals surface area contributed by atoms with Crippen molar-refractivity contribution in [2.45, 2.75) is 56.6 Å². The molecular weight excluding hydrogens is 380 g/mol. The maximum absolute atomic E-state index is 6.35. The average molecular weight is 411 g/mol. The molecule has 2 heterocycles. The number of methoxy groups -OCH3 is 1. The van der Waals surface area contributed by atoms with Crippen LogP contribution < -0.4 is 4.74 Å². The smallest absolute Gasteiger partial charge is 0.162 e. The molecule has 4 rings (SSSR count). The second-order valence-electron chi connectivity index (χ2n) is 8.05. The summed E-state index contributed by atoms with van der Waals surface area (Å²) in [7, 11) is 1.67. The Hall–Kier alpha value is -2.18. The van der Waals surface area contributed by atoms with Crippen LogP contribution >= 0.6 is 0 Å². The summed E-state index contributed by atoms with van der Waals surface area (Å²) >= 11 is 0. The van der Waals surface area contributed by atoms with Crippen LogP contribution in [0.2, 0.25) is 0 Å². The molecule has 30 heavy (non-hydrogen) atoms. The fourth-order valence-corrected chi connectivity index (χ4v) is 4.04. The highest BCUT2D eigenvalue weighted by Gasteiger charge is 2.48. The molecule has 2 aromatic rings. The molecule has 2 aromatic carbocycles. The van der Waals surface area contributed by atoms with Crippen LogP contribution in [-0.2, 0) is 32.0 Å². The first kappa shape index (κ1) is 21.1. The lowest BCUT2D eigenvalue weighted by atomic mass is 9.87. The summed E-state index contributed by atoms with van der Waals surface area (Å²) in [6.07, 6.45) is 2.61. The third-order valence-corrected chi connectivity index (χ3v) is 5.94. The van der Waals surface area contributed by atoms with E-state index in [9.17, 15) is 0 Å². The summed E-state index contributed by atoms with van der Waals surface area (Å²) < 4.78 is 30.1. The number of hydrogen-bond donors (Lipinski definition) is 0. The van der Waals surface area contributed by atoms with Gasteiger partial charge >= 0.3 is 0 Å². The SMILES string of the molecule is C=C[C@]1(C)O[C@@H]2CO[C@@H](Cc3ccc(OC)cc3)O[C@H]2C[C@H]1OCc1ccccc1. The first-order chi connectivity index (χ1) is 14.6. The predicted octanol–water partition coefficient (Wildman–Crippen LogP) is 4.30. The fourth-order valence-electron chi connectivity index (χ4n) is 4.04. The Bertz CT molecular complexity index is 821. The van der Waals surface area contributed by atoms with Crippen molar-refractivity contribution in [1.29, 1.82) is 0 Å². The molecule has 2 aliphatic heterocycles. The Labute approximate surface area is 178 Å². The van der Waals surface area contributed by atoms with E-state index >= 15 is 0 Å². The molecule has 0 spiro atoms. The Balaban J connectivity index is 1.39. The lowest BCUT2D eigenvalue weighted by molar-refractivity contribution is -0.313. The summed E-state index contributed by atoms with van der Waals surface area (Å²) in [6.45, 7) is 7.04. The molecule has 0 amide bonds. The van der Waals surface area contributed by atoms with Crippen LogP contribution in [0.1, 0.15) is 24.5 Å². The minimum atomic E-state index is -0.578. The number of benzene rings is 2. The first-order valence-corrected chi connectivity index (χ1v) is 10.5. The Kier molecular flexibility index (Phi) is 6.54. The predicted molar refractivity (Wildman–Crippen MR) is 114 cm³/mol. The molecule has 2 fully saturated rings. The molecule has 5 atom stereocenters. The van der Waals surface area contributed by atoms with Crippen molar-refractivity contribution in [1.82, 2.24) is 0 Å². The molecule has 0 radical (unpaired) electrons. The molecule has 5 heteroatoms. The van der Waals surface area contributed by atoms with Gasteiger partial charge in [-0.3, -0.25) is 0 Å². The summed E-state index contributed by atoms with van der Waals surface area (Å²) in [5, 5.41) is 0. The van der Waals surface area contributed by atoms with Crippen LogP contribution in [0.25, 0.3) is 0 Å². The highest BCUT2D eigenvalue weighted by molar-refractivity contribution is 5.27. The van der Waals surface area contributed by atoms with Gasteiger partial charge in [0, 0.05) is 12.8 Å². The lowest BCUT2D eigenvalue weighted by Gasteiger charge is -2.49. The average Bonchev–Trinajstić information content (AvgIpc) is 2.79. The van der Waals surface area contributed by atoms with Crippen LogP contribution in [0, 0.1) is 0 Å². The van der Waals surface area contributed by atoms with Crippen molar-refractivity contribution in [2.75, 3.05) is 13.7 Å². The van der Waals surface area contributed by atoms with Gasteiger partial charge in [0.15, 0.2) is 6.29 Å². The van der Waals surface area contributed by atoms with Crippen molar-refractivity contribution < 1.29 is 23.7 Å². The molecule has 2 saturated heterocycles. The van der Waals surface area contributed by atoms with Gasteiger partial charge in [0.1, 0.15) is 17.5 Å². The zero-order valence-electron chi connectivity index (χ0n) is 17.7. The third-order valence-electron chi connectivity index (χ3n) is 5.94. The standard InChI is InChI=1S/C25H30O5/c1-4-25(2)23(27-16-19-8-6-5-7-9-19)15-21-22(30-25)17-28-24(29-21)14-18-10-12-20(26-3)13-11-18/h4-13,21-24H,1,14-17H2,2-3H3/t21-,22+,23+,24+,25-/m0/s1. The van der Waals surface area contributed by atoms with Gasteiger partial charge in [0.25, 0.3) is 0 Å². The fraction of sp³-hybridized carbons (Fsp3) is 0.440. The monoisotopic (exact) mass is 410 g/mol. The van der Waals surface area contributed by atoms with E-state index in [2.05, 4.69) is 18.7 Å². The van der Waals surface area contributed by atoms with Gasteiger partial charge in [0.2, 0.25) is 0 Å². The van der Waals surface area contributed by atoms with E-state index in [1.165, 1.54) is 0 Å². The lowest BCUT2D eigenvalue weighted by Crippen LogP contribution is -2.59. The van der Waals surface area contributed by atoms with Gasteiger partial charge in [-0.25, -0.2) is 0 Å². The molecule has 0 N–H and O–H groups in total. The summed E-state index contributed by atoms with van der Waals surface area (Å²) in [4.78, 5) is 0. The molecule has 0 bridgehead atoms. The summed E-state index contributed by atoms with van der Waals surface area (Å²) in [5.74, 6) is 0.840. The second kappa shape index (κ2) is 9.31. The van der Waals surface area contributed by atoms with Crippen LogP contribution in [-0.4, -0.2) is 43.9 Å². The molecule has 160 valence electrons.